The summed E-state index contributed by atoms with van der Waals surface area (Å²) < 4.78 is 7.57. The molecule has 0 radical (unpaired) electrons. The molecule has 1 aromatic rings. The predicted octanol–water partition coefficient (Wildman–Crippen LogP) is 1.22. The van der Waals surface area contributed by atoms with E-state index in [2.05, 4.69) is 10.5 Å². The van der Waals surface area contributed by atoms with Gasteiger partial charge in [-0.2, -0.15) is 5.10 Å². The molecule has 92 valence electrons. The fourth-order valence-electron chi connectivity index (χ4n) is 1.31. The van der Waals surface area contributed by atoms with Gasteiger partial charge in [0.25, 0.3) is 0 Å². The number of ether oxygens (including phenoxy) is 1. The summed E-state index contributed by atoms with van der Waals surface area (Å²) in [6, 6.07) is -0.0143. The molecule has 16 heavy (non-hydrogen) atoms. The van der Waals surface area contributed by atoms with Gasteiger partial charge in [0, 0.05) is 18.3 Å². The van der Waals surface area contributed by atoms with Crippen molar-refractivity contribution in [3.8, 4) is 0 Å². The van der Waals surface area contributed by atoms with Crippen LogP contribution in [0.25, 0.3) is 0 Å². The van der Waals surface area contributed by atoms with Crippen LogP contribution in [0.3, 0.4) is 0 Å². The molecule has 5 nitrogen and oxygen atoms in total. The lowest BCUT2D eigenvalue weighted by molar-refractivity contribution is -0.0148. The Bertz CT molecular complexity index is 316. The van der Waals surface area contributed by atoms with Gasteiger partial charge in [-0.3, -0.25) is 16.0 Å². The molecule has 1 aromatic heterocycles. The van der Waals surface area contributed by atoms with E-state index in [9.17, 15) is 0 Å². The first-order valence-corrected chi connectivity index (χ1v) is 5.58. The van der Waals surface area contributed by atoms with E-state index in [-0.39, 0.29) is 11.6 Å². The molecule has 0 spiro atoms. The van der Waals surface area contributed by atoms with Gasteiger partial charge < -0.3 is 4.74 Å². The van der Waals surface area contributed by atoms with E-state index in [1.165, 1.54) is 0 Å². The first kappa shape index (κ1) is 13.2. The standard InChI is InChI=1S/C11H22N4O/c1-5-15-7-9(6-13-15)10(14-12)8-16-11(2,3)4/h6-7,10,14H,5,8,12H2,1-4H3. The van der Waals surface area contributed by atoms with Crippen molar-refractivity contribution in [3.05, 3.63) is 18.0 Å². The molecule has 0 saturated heterocycles. The van der Waals surface area contributed by atoms with E-state index in [4.69, 9.17) is 10.6 Å². The van der Waals surface area contributed by atoms with Crippen LogP contribution in [0.15, 0.2) is 12.4 Å². The van der Waals surface area contributed by atoms with Gasteiger partial charge in [0.05, 0.1) is 24.4 Å². The summed E-state index contributed by atoms with van der Waals surface area (Å²) in [6.07, 6.45) is 3.80. The number of hydrogen-bond acceptors (Lipinski definition) is 4. The summed E-state index contributed by atoms with van der Waals surface area (Å²) >= 11 is 0. The largest absolute Gasteiger partial charge is 0.374 e. The summed E-state index contributed by atoms with van der Waals surface area (Å²) in [5.41, 5.74) is 3.64. The van der Waals surface area contributed by atoms with Crippen molar-refractivity contribution >= 4 is 0 Å². The Morgan fingerprint density at radius 2 is 2.25 bits per heavy atom. The van der Waals surface area contributed by atoms with Crippen molar-refractivity contribution in [1.29, 1.82) is 0 Å². The van der Waals surface area contributed by atoms with Gasteiger partial charge in [-0.05, 0) is 27.7 Å². The average Bonchev–Trinajstić information content (AvgIpc) is 2.65. The van der Waals surface area contributed by atoms with Crippen molar-refractivity contribution in [2.45, 2.75) is 45.9 Å². The zero-order valence-corrected chi connectivity index (χ0v) is 10.5. The van der Waals surface area contributed by atoms with Crippen LogP contribution in [0.1, 0.15) is 39.3 Å². The lowest BCUT2D eigenvalue weighted by Gasteiger charge is -2.23. The van der Waals surface area contributed by atoms with Gasteiger partial charge in [0.1, 0.15) is 0 Å². The monoisotopic (exact) mass is 226 g/mol. The van der Waals surface area contributed by atoms with Gasteiger partial charge >= 0.3 is 0 Å². The molecule has 0 fully saturated rings. The Kier molecular flexibility index (Phi) is 4.46. The number of nitrogens with two attached hydrogens (primary N) is 1. The van der Waals surface area contributed by atoms with E-state index < -0.39 is 0 Å². The number of nitrogens with one attached hydrogen (secondary N) is 1. The van der Waals surface area contributed by atoms with Crippen LogP contribution in [-0.2, 0) is 11.3 Å². The maximum atomic E-state index is 5.70. The van der Waals surface area contributed by atoms with Gasteiger partial charge in [-0.1, -0.05) is 0 Å². The van der Waals surface area contributed by atoms with Crippen molar-refractivity contribution < 1.29 is 4.74 Å². The summed E-state index contributed by atoms with van der Waals surface area (Å²) in [5, 5.41) is 4.21. The van der Waals surface area contributed by atoms with Crippen LogP contribution in [0.2, 0.25) is 0 Å². The van der Waals surface area contributed by atoms with E-state index >= 15 is 0 Å². The molecule has 1 atom stereocenters. The second-order valence-electron chi connectivity index (χ2n) is 4.77. The van der Waals surface area contributed by atoms with Crippen LogP contribution < -0.4 is 11.3 Å². The zero-order chi connectivity index (χ0) is 12.2. The number of hydrogen-bond donors (Lipinski definition) is 2. The van der Waals surface area contributed by atoms with Crippen molar-refractivity contribution in [2.24, 2.45) is 5.84 Å². The fraction of sp³-hybridized carbons (Fsp3) is 0.727. The highest BCUT2D eigenvalue weighted by atomic mass is 16.5. The molecule has 0 aliphatic carbocycles. The summed E-state index contributed by atoms with van der Waals surface area (Å²) in [6.45, 7) is 9.52. The zero-order valence-electron chi connectivity index (χ0n) is 10.5. The molecule has 1 heterocycles. The van der Waals surface area contributed by atoms with Gasteiger partial charge in [-0.25, -0.2) is 0 Å². The lowest BCUT2D eigenvalue weighted by Crippen LogP contribution is -2.34. The molecule has 1 unspecified atom stereocenters. The van der Waals surface area contributed by atoms with Crippen molar-refractivity contribution in [3.63, 3.8) is 0 Å². The number of aromatic nitrogens is 2. The number of hydrazine groups is 1. The first-order valence-electron chi connectivity index (χ1n) is 5.58. The fourth-order valence-corrected chi connectivity index (χ4v) is 1.31. The minimum absolute atomic E-state index is 0.0143. The predicted molar refractivity (Wildman–Crippen MR) is 63.7 cm³/mol. The quantitative estimate of drug-likeness (QED) is 0.585. The van der Waals surface area contributed by atoms with Crippen LogP contribution >= 0.6 is 0 Å². The highest BCUT2D eigenvalue weighted by Crippen LogP contribution is 2.15. The molecule has 0 aliphatic rings. The minimum Gasteiger partial charge on any atom is -0.374 e. The normalized spacial score (nSPS) is 14.1. The lowest BCUT2D eigenvalue weighted by atomic mass is 10.1. The Labute approximate surface area is 96.9 Å². The molecule has 0 bridgehead atoms. The third kappa shape index (κ3) is 3.92. The Morgan fingerprint density at radius 1 is 1.56 bits per heavy atom. The molecule has 1 rings (SSSR count). The van der Waals surface area contributed by atoms with E-state index in [1.54, 1.807) is 0 Å². The smallest absolute Gasteiger partial charge is 0.0724 e. The number of rotatable bonds is 5. The molecular weight excluding hydrogens is 204 g/mol. The maximum absolute atomic E-state index is 5.70. The summed E-state index contributed by atoms with van der Waals surface area (Å²) in [7, 11) is 0. The Hall–Kier alpha value is -0.910. The van der Waals surface area contributed by atoms with Gasteiger partial charge in [0.15, 0.2) is 0 Å². The van der Waals surface area contributed by atoms with E-state index in [0.29, 0.717) is 6.61 Å². The third-order valence-electron chi connectivity index (χ3n) is 2.26. The van der Waals surface area contributed by atoms with Crippen LogP contribution in [0.4, 0.5) is 0 Å². The van der Waals surface area contributed by atoms with E-state index in [0.717, 1.165) is 12.1 Å². The van der Waals surface area contributed by atoms with Gasteiger partial charge in [-0.15, -0.1) is 0 Å². The molecular formula is C11H22N4O. The summed E-state index contributed by atoms with van der Waals surface area (Å²) in [5.74, 6) is 5.52. The molecule has 5 heteroatoms. The Balaban J connectivity index is 2.60. The molecule has 0 aliphatic heterocycles. The molecule has 3 N–H and O–H groups in total. The number of nitrogens with zero attached hydrogens (tertiary/aromatic N) is 2. The van der Waals surface area contributed by atoms with Crippen molar-refractivity contribution in [1.82, 2.24) is 15.2 Å². The highest BCUT2D eigenvalue weighted by Gasteiger charge is 2.17. The summed E-state index contributed by atoms with van der Waals surface area (Å²) in [4.78, 5) is 0. The average molecular weight is 226 g/mol. The second-order valence-corrected chi connectivity index (χ2v) is 4.77. The molecule has 0 amide bonds. The van der Waals surface area contributed by atoms with Crippen molar-refractivity contribution in [2.75, 3.05) is 6.61 Å². The highest BCUT2D eigenvalue weighted by molar-refractivity contribution is 5.10. The topological polar surface area (TPSA) is 65.1 Å². The third-order valence-corrected chi connectivity index (χ3v) is 2.26. The molecule has 0 aromatic carbocycles. The van der Waals surface area contributed by atoms with Crippen LogP contribution in [-0.4, -0.2) is 22.0 Å². The van der Waals surface area contributed by atoms with Gasteiger partial charge in [0.2, 0.25) is 0 Å². The SMILES string of the molecule is CCn1cc(C(COC(C)(C)C)NN)cn1. The first-order chi connectivity index (χ1) is 7.46. The minimum atomic E-state index is -0.157. The Morgan fingerprint density at radius 3 is 2.69 bits per heavy atom. The maximum Gasteiger partial charge on any atom is 0.0724 e. The number of aryl methyl sites for hydroxylation is 1. The molecule has 0 saturated carbocycles. The second kappa shape index (κ2) is 5.43. The van der Waals surface area contributed by atoms with E-state index in [1.807, 2.05) is 44.8 Å². The van der Waals surface area contributed by atoms with Crippen LogP contribution in [0, 0.1) is 0 Å². The van der Waals surface area contributed by atoms with Crippen LogP contribution in [0.5, 0.6) is 0 Å².